The summed E-state index contributed by atoms with van der Waals surface area (Å²) in [5.74, 6) is 0. The molecule has 104 valence electrons. The van der Waals surface area contributed by atoms with Crippen molar-refractivity contribution in [3.05, 3.63) is 68.5 Å². The predicted molar refractivity (Wildman–Crippen MR) is 78.1 cm³/mol. The van der Waals surface area contributed by atoms with Crippen molar-refractivity contribution in [1.82, 2.24) is 14.1 Å². The number of H-pyrrole nitrogens is 1. The highest BCUT2D eigenvalue weighted by atomic mass is 16.2. The summed E-state index contributed by atoms with van der Waals surface area (Å²) in [7, 11) is 1.60. The van der Waals surface area contributed by atoms with Crippen molar-refractivity contribution in [2.75, 3.05) is 0 Å². The van der Waals surface area contributed by atoms with Gasteiger partial charge in [-0.1, -0.05) is 18.2 Å². The zero-order chi connectivity index (χ0) is 15.0. The Labute approximate surface area is 119 Å². The smallest absolute Gasteiger partial charge is 0.332 e. The molecule has 0 amide bonds. The summed E-state index contributed by atoms with van der Waals surface area (Å²) in [4.78, 5) is 27.6. The molecule has 0 aliphatic heterocycles. The van der Waals surface area contributed by atoms with Gasteiger partial charge in [0, 0.05) is 13.2 Å². The van der Waals surface area contributed by atoms with Crippen molar-refractivity contribution < 1.29 is 0 Å². The van der Waals surface area contributed by atoms with Crippen molar-refractivity contribution >= 4 is 11.0 Å². The van der Waals surface area contributed by atoms with Crippen LogP contribution in [-0.2, 0) is 13.6 Å². The quantitative estimate of drug-likeness (QED) is 0.758. The van der Waals surface area contributed by atoms with Crippen LogP contribution in [0.2, 0.25) is 0 Å². The minimum absolute atomic E-state index is 0.0797. The Kier molecular flexibility index (Phi) is 2.95. The average Bonchev–Trinajstić information content (AvgIpc) is 2.99. The lowest BCUT2D eigenvalue weighted by Gasteiger charge is -2.09. The van der Waals surface area contributed by atoms with Gasteiger partial charge in [-0.2, -0.15) is 5.26 Å². The highest BCUT2D eigenvalue weighted by Gasteiger charge is 2.13. The lowest BCUT2D eigenvalue weighted by Crippen LogP contribution is -2.39. The number of fused-ring (bicyclic) bond motifs is 1. The van der Waals surface area contributed by atoms with Gasteiger partial charge in [-0.15, -0.1) is 0 Å². The molecule has 2 heterocycles. The van der Waals surface area contributed by atoms with Crippen LogP contribution in [0.4, 0.5) is 0 Å². The third-order valence-electron chi connectivity index (χ3n) is 3.52. The van der Waals surface area contributed by atoms with E-state index in [0.717, 1.165) is 4.57 Å². The normalized spacial score (nSPS) is 10.7. The van der Waals surface area contributed by atoms with E-state index in [1.165, 1.54) is 4.57 Å². The summed E-state index contributed by atoms with van der Waals surface area (Å²) in [6.07, 6.45) is 1.62. The number of benzene rings is 1. The topological polar surface area (TPSA) is 83.6 Å². The Bertz CT molecular complexity index is 985. The second kappa shape index (κ2) is 4.80. The number of hydrogen-bond acceptors (Lipinski definition) is 3. The van der Waals surface area contributed by atoms with Gasteiger partial charge in [0.15, 0.2) is 0 Å². The summed E-state index contributed by atoms with van der Waals surface area (Å²) in [6.45, 7) is 0.0797. The van der Waals surface area contributed by atoms with Crippen LogP contribution >= 0.6 is 0 Å². The van der Waals surface area contributed by atoms with Crippen molar-refractivity contribution in [2.45, 2.75) is 6.54 Å². The minimum atomic E-state index is -0.414. The first kappa shape index (κ1) is 12.9. The number of aryl methyl sites for hydroxylation is 1. The van der Waals surface area contributed by atoms with Crippen LogP contribution in [0.5, 0.6) is 0 Å². The van der Waals surface area contributed by atoms with Crippen LogP contribution in [0.3, 0.4) is 0 Å². The maximum Gasteiger partial charge on any atom is 0.332 e. The molecule has 0 radical (unpaired) electrons. The molecule has 0 saturated carbocycles. The summed E-state index contributed by atoms with van der Waals surface area (Å²) >= 11 is 0. The molecule has 21 heavy (non-hydrogen) atoms. The van der Waals surface area contributed by atoms with Crippen molar-refractivity contribution in [3.63, 3.8) is 0 Å². The molecule has 3 rings (SSSR count). The standard InChI is InChI=1S/C15H12N4O2/c1-18-13-12(6-7-17-13)14(20)19(15(18)21)9-11-5-3-2-4-10(11)8-16/h2-7,17H,9H2,1H3. The first-order chi connectivity index (χ1) is 10.1. The Balaban J connectivity index is 2.25. The molecule has 0 unspecified atom stereocenters. The molecular weight excluding hydrogens is 268 g/mol. The van der Waals surface area contributed by atoms with Gasteiger partial charge in [0.05, 0.1) is 23.6 Å². The molecule has 2 aromatic heterocycles. The molecule has 0 fully saturated rings. The van der Waals surface area contributed by atoms with E-state index in [1.54, 1.807) is 43.6 Å². The van der Waals surface area contributed by atoms with Crippen molar-refractivity contribution in [3.8, 4) is 6.07 Å². The van der Waals surface area contributed by atoms with Gasteiger partial charge in [0.25, 0.3) is 5.56 Å². The van der Waals surface area contributed by atoms with Crippen LogP contribution in [0.15, 0.2) is 46.1 Å². The molecule has 6 nitrogen and oxygen atoms in total. The molecule has 0 aliphatic carbocycles. The second-order valence-electron chi connectivity index (χ2n) is 4.74. The van der Waals surface area contributed by atoms with Crippen LogP contribution in [0.1, 0.15) is 11.1 Å². The van der Waals surface area contributed by atoms with Gasteiger partial charge < -0.3 is 4.98 Å². The van der Waals surface area contributed by atoms with Crippen LogP contribution < -0.4 is 11.2 Å². The minimum Gasteiger partial charge on any atom is -0.347 e. The van der Waals surface area contributed by atoms with Gasteiger partial charge in [0.1, 0.15) is 5.65 Å². The van der Waals surface area contributed by atoms with E-state index in [4.69, 9.17) is 5.26 Å². The van der Waals surface area contributed by atoms with E-state index in [9.17, 15) is 9.59 Å². The largest absolute Gasteiger partial charge is 0.347 e. The van der Waals surface area contributed by atoms with E-state index < -0.39 is 5.69 Å². The first-order valence-electron chi connectivity index (χ1n) is 6.38. The van der Waals surface area contributed by atoms with Crippen LogP contribution in [0.25, 0.3) is 11.0 Å². The van der Waals surface area contributed by atoms with E-state index in [0.29, 0.717) is 22.2 Å². The molecular formula is C15H12N4O2. The third kappa shape index (κ3) is 1.96. The zero-order valence-corrected chi connectivity index (χ0v) is 11.3. The molecule has 0 bridgehead atoms. The highest BCUT2D eigenvalue weighted by Crippen LogP contribution is 2.09. The number of nitrogens with zero attached hydrogens (tertiary/aromatic N) is 3. The monoisotopic (exact) mass is 280 g/mol. The van der Waals surface area contributed by atoms with Gasteiger partial charge in [-0.25, -0.2) is 4.79 Å². The summed E-state index contributed by atoms with van der Waals surface area (Å²) in [5.41, 5.74) is 0.828. The Hall–Kier alpha value is -3.07. The van der Waals surface area contributed by atoms with E-state index in [2.05, 4.69) is 11.1 Å². The van der Waals surface area contributed by atoms with Gasteiger partial charge in [-0.05, 0) is 17.7 Å². The summed E-state index contributed by atoms with van der Waals surface area (Å²) in [5, 5.41) is 9.55. The van der Waals surface area contributed by atoms with Gasteiger partial charge >= 0.3 is 5.69 Å². The number of nitriles is 1. The van der Waals surface area contributed by atoms with E-state index in [1.807, 2.05) is 0 Å². The molecule has 1 N–H and O–H groups in total. The molecule has 3 aromatic rings. The molecule has 0 spiro atoms. The lowest BCUT2D eigenvalue weighted by atomic mass is 10.1. The van der Waals surface area contributed by atoms with Crippen LogP contribution in [-0.4, -0.2) is 14.1 Å². The SMILES string of the molecule is Cn1c(=O)n(Cc2ccccc2C#N)c(=O)c2cc[nH]c21. The van der Waals surface area contributed by atoms with Crippen molar-refractivity contribution in [1.29, 1.82) is 5.26 Å². The highest BCUT2D eigenvalue weighted by molar-refractivity contribution is 5.74. The third-order valence-corrected chi connectivity index (χ3v) is 3.52. The Morgan fingerprint density at radius 3 is 2.76 bits per heavy atom. The van der Waals surface area contributed by atoms with Gasteiger partial charge in [0.2, 0.25) is 0 Å². The number of aromatic nitrogens is 3. The van der Waals surface area contributed by atoms with Crippen LogP contribution in [0, 0.1) is 11.3 Å². The van der Waals surface area contributed by atoms with E-state index in [-0.39, 0.29) is 12.1 Å². The number of aromatic amines is 1. The van der Waals surface area contributed by atoms with E-state index >= 15 is 0 Å². The number of hydrogen-bond donors (Lipinski definition) is 1. The first-order valence-corrected chi connectivity index (χ1v) is 6.38. The fraction of sp³-hybridized carbons (Fsp3) is 0.133. The molecule has 0 aliphatic rings. The lowest BCUT2D eigenvalue weighted by molar-refractivity contribution is 0.657. The number of nitrogens with one attached hydrogen (secondary N) is 1. The molecule has 0 atom stereocenters. The number of rotatable bonds is 2. The fourth-order valence-corrected chi connectivity index (χ4v) is 2.40. The van der Waals surface area contributed by atoms with Crippen molar-refractivity contribution in [2.24, 2.45) is 7.05 Å². The van der Waals surface area contributed by atoms with Gasteiger partial charge in [-0.3, -0.25) is 13.9 Å². The summed E-state index contributed by atoms with van der Waals surface area (Å²) < 4.78 is 2.54. The summed E-state index contributed by atoms with van der Waals surface area (Å²) in [6, 6.07) is 10.6. The maximum atomic E-state index is 12.4. The fourth-order valence-electron chi connectivity index (χ4n) is 2.40. The predicted octanol–water partition coefficient (Wildman–Crippen LogP) is 0.948. The molecule has 6 heteroatoms. The zero-order valence-electron chi connectivity index (χ0n) is 11.3. The maximum absolute atomic E-state index is 12.4. The Morgan fingerprint density at radius 1 is 1.24 bits per heavy atom. The molecule has 0 saturated heterocycles. The second-order valence-corrected chi connectivity index (χ2v) is 4.74. The average molecular weight is 280 g/mol. The molecule has 1 aromatic carbocycles. The Morgan fingerprint density at radius 2 is 2.00 bits per heavy atom.